The number of aliphatic hydroxyl groups excluding tert-OH is 1. The standard InChI is InChI=1S/C17H23F2NO3/c1-17(2,3)15(8-9-21)20-16(23)7-6-14(22)11-4-5-12(18)13(19)10-11/h4-5,10,15,21H,6-9H2,1-3H3,(H,20,23). The van der Waals surface area contributed by atoms with Gasteiger partial charge in [-0.25, -0.2) is 8.78 Å². The Bertz CT molecular complexity index is 567. The third-order valence-electron chi connectivity index (χ3n) is 3.62. The van der Waals surface area contributed by atoms with E-state index in [9.17, 15) is 18.4 Å². The number of Topliss-reactive ketones (excluding diaryl/α,β-unsaturated/α-hetero) is 1. The summed E-state index contributed by atoms with van der Waals surface area (Å²) in [6, 6.07) is 2.71. The number of carbonyl (C=O) groups is 2. The summed E-state index contributed by atoms with van der Waals surface area (Å²) in [4.78, 5) is 23.9. The van der Waals surface area contributed by atoms with Crippen molar-refractivity contribution < 1.29 is 23.5 Å². The fraction of sp³-hybridized carbons (Fsp3) is 0.529. The highest BCUT2D eigenvalue weighted by Gasteiger charge is 2.25. The molecule has 128 valence electrons. The SMILES string of the molecule is CC(C)(C)C(CCO)NC(=O)CCC(=O)c1ccc(F)c(F)c1. The van der Waals surface area contributed by atoms with Crippen LogP contribution in [0, 0.1) is 17.0 Å². The predicted octanol–water partition coefficient (Wildman–Crippen LogP) is 2.84. The van der Waals surface area contributed by atoms with Gasteiger partial charge < -0.3 is 10.4 Å². The highest BCUT2D eigenvalue weighted by Crippen LogP contribution is 2.21. The second-order valence-electron chi connectivity index (χ2n) is 6.55. The van der Waals surface area contributed by atoms with E-state index >= 15 is 0 Å². The molecule has 0 aromatic heterocycles. The molecule has 1 amide bonds. The van der Waals surface area contributed by atoms with Crippen LogP contribution < -0.4 is 5.32 Å². The lowest BCUT2D eigenvalue weighted by Crippen LogP contribution is -2.44. The van der Waals surface area contributed by atoms with E-state index in [2.05, 4.69) is 5.32 Å². The van der Waals surface area contributed by atoms with Gasteiger partial charge in [-0.1, -0.05) is 20.8 Å². The van der Waals surface area contributed by atoms with Crippen LogP contribution in [0.15, 0.2) is 18.2 Å². The summed E-state index contributed by atoms with van der Waals surface area (Å²) in [7, 11) is 0. The Labute approximate surface area is 134 Å². The Balaban J connectivity index is 2.57. The van der Waals surface area contributed by atoms with Gasteiger partial charge in [-0.3, -0.25) is 9.59 Å². The maximum Gasteiger partial charge on any atom is 0.220 e. The molecule has 0 radical (unpaired) electrons. The lowest BCUT2D eigenvalue weighted by atomic mass is 9.85. The Morgan fingerprint density at radius 1 is 1.17 bits per heavy atom. The molecule has 2 N–H and O–H groups in total. The number of benzene rings is 1. The van der Waals surface area contributed by atoms with Gasteiger partial charge in [0.15, 0.2) is 17.4 Å². The molecular weight excluding hydrogens is 304 g/mol. The first-order valence-corrected chi connectivity index (χ1v) is 7.53. The molecule has 6 heteroatoms. The Kier molecular flexibility index (Phi) is 6.81. The Hall–Kier alpha value is -1.82. The number of carbonyl (C=O) groups excluding carboxylic acids is 2. The molecule has 1 atom stereocenters. The Morgan fingerprint density at radius 3 is 2.35 bits per heavy atom. The van der Waals surface area contributed by atoms with Gasteiger partial charge >= 0.3 is 0 Å². The number of aliphatic hydroxyl groups is 1. The molecule has 0 aliphatic heterocycles. The summed E-state index contributed by atoms with van der Waals surface area (Å²) >= 11 is 0. The summed E-state index contributed by atoms with van der Waals surface area (Å²) < 4.78 is 25.9. The normalized spacial score (nSPS) is 12.8. The van der Waals surface area contributed by atoms with Gasteiger partial charge in [0, 0.05) is 31.1 Å². The van der Waals surface area contributed by atoms with Crippen LogP contribution in [0.2, 0.25) is 0 Å². The first kappa shape index (κ1) is 19.2. The van der Waals surface area contributed by atoms with E-state index in [0.717, 1.165) is 12.1 Å². The van der Waals surface area contributed by atoms with Crippen LogP contribution in [0.25, 0.3) is 0 Å². The second-order valence-corrected chi connectivity index (χ2v) is 6.55. The maximum atomic E-state index is 13.1. The van der Waals surface area contributed by atoms with Crippen molar-refractivity contribution in [3.63, 3.8) is 0 Å². The lowest BCUT2D eigenvalue weighted by Gasteiger charge is -2.31. The minimum atomic E-state index is -1.09. The largest absolute Gasteiger partial charge is 0.396 e. The predicted molar refractivity (Wildman–Crippen MR) is 83.0 cm³/mol. The molecule has 0 aliphatic rings. The number of hydrogen-bond donors (Lipinski definition) is 2. The van der Waals surface area contributed by atoms with Crippen molar-refractivity contribution in [2.75, 3.05) is 6.61 Å². The van der Waals surface area contributed by atoms with Gasteiger partial charge in [0.2, 0.25) is 5.91 Å². The van der Waals surface area contributed by atoms with Crippen molar-refractivity contribution >= 4 is 11.7 Å². The van der Waals surface area contributed by atoms with E-state index in [4.69, 9.17) is 5.11 Å². The lowest BCUT2D eigenvalue weighted by molar-refractivity contribution is -0.122. The van der Waals surface area contributed by atoms with Crippen molar-refractivity contribution in [1.29, 1.82) is 0 Å². The second kappa shape index (κ2) is 8.15. The topological polar surface area (TPSA) is 66.4 Å². The van der Waals surface area contributed by atoms with E-state index < -0.39 is 17.4 Å². The van der Waals surface area contributed by atoms with Crippen LogP contribution in [-0.2, 0) is 4.79 Å². The van der Waals surface area contributed by atoms with Gasteiger partial charge in [-0.2, -0.15) is 0 Å². The minimum absolute atomic E-state index is 0.0411. The first-order valence-electron chi connectivity index (χ1n) is 7.53. The summed E-state index contributed by atoms with van der Waals surface area (Å²) in [5.74, 6) is -2.84. The van der Waals surface area contributed by atoms with Crippen LogP contribution in [0.4, 0.5) is 8.78 Å². The molecule has 0 bridgehead atoms. The third kappa shape index (κ3) is 6.06. The maximum absolute atomic E-state index is 13.1. The highest BCUT2D eigenvalue weighted by atomic mass is 19.2. The van der Waals surface area contributed by atoms with Crippen LogP contribution >= 0.6 is 0 Å². The molecule has 0 saturated heterocycles. The third-order valence-corrected chi connectivity index (χ3v) is 3.62. The van der Waals surface area contributed by atoms with Crippen LogP contribution in [-0.4, -0.2) is 29.4 Å². The molecule has 0 heterocycles. The van der Waals surface area contributed by atoms with E-state index in [1.54, 1.807) is 0 Å². The number of nitrogens with one attached hydrogen (secondary N) is 1. The number of ketones is 1. The molecule has 0 spiro atoms. The van der Waals surface area contributed by atoms with Gasteiger partial charge in [0.05, 0.1) is 0 Å². The monoisotopic (exact) mass is 327 g/mol. The summed E-state index contributed by atoms with van der Waals surface area (Å²) in [5, 5.41) is 11.9. The minimum Gasteiger partial charge on any atom is -0.396 e. The van der Waals surface area contributed by atoms with Crippen molar-refractivity contribution in [2.24, 2.45) is 5.41 Å². The molecular formula is C17H23F2NO3. The number of hydrogen-bond acceptors (Lipinski definition) is 3. The summed E-state index contributed by atoms with van der Waals surface area (Å²) in [6.07, 6.45) is 0.287. The summed E-state index contributed by atoms with van der Waals surface area (Å²) in [6.45, 7) is 5.79. The highest BCUT2D eigenvalue weighted by molar-refractivity contribution is 5.97. The zero-order valence-corrected chi connectivity index (χ0v) is 13.7. The van der Waals surface area contributed by atoms with Crippen molar-refractivity contribution in [3.8, 4) is 0 Å². The fourth-order valence-electron chi connectivity index (χ4n) is 2.16. The molecule has 1 aromatic rings. The van der Waals surface area contributed by atoms with Crippen molar-refractivity contribution in [2.45, 2.75) is 46.1 Å². The van der Waals surface area contributed by atoms with Crippen LogP contribution in [0.5, 0.6) is 0 Å². The zero-order chi connectivity index (χ0) is 17.6. The molecule has 0 aliphatic carbocycles. The molecule has 1 aromatic carbocycles. The summed E-state index contributed by atoms with van der Waals surface area (Å²) in [5.41, 5.74) is -0.179. The Morgan fingerprint density at radius 2 is 1.83 bits per heavy atom. The van der Waals surface area contributed by atoms with E-state index in [1.165, 1.54) is 6.07 Å². The van der Waals surface area contributed by atoms with Gasteiger partial charge in [-0.15, -0.1) is 0 Å². The number of rotatable bonds is 7. The smallest absolute Gasteiger partial charge is 0.220 e. The van der Waals surface area contributed by atoms with Crippen molar-refractivity contribution in [3.05, 3.63) is 35.4 Å². The van der Waals surface area contributed by atoms with Crippen LogP contribution in [0.3, 0.4) is 0 Å². The van der Waals surface area contributed by atoms with E-state index in [0.29, 0.717) is 6.42 Å². The molecule has 0 fully saturated rings. The molecule has 1 rings (SSSR count). The quantitative estimate of drug-likeness (QED) is 0.757. The van der Waals surface area contributed by atoms with Gasteiger partial charge in [0.25, 0.3) is 0 Å². The molecule has 1 unspecified atom stereocenters. The fourth-order valence-corrected chi connectivity index (χ4v) is 2.16. The van der Waals surface area contributed by atoms with Gasteiger partial charge in [-0.05, 0) is 30.0 Å². The number of halogens is 2. The molecule has 23 heavy (non-hydrogen) atoms. The van der Waals surface area contributed by atoms with E-state index in [1.807, 2.05) is 20.8 Å². The average Bonchev–Trinajstić information content (AvgIpc) is 2.46. The van der Waals surface area contributed by atoms with Crippen LogP contribution in [0.1, 0.15) is 50.4 Å². The molecule has 0 saturated carbocycles. The van der Waals surface area contributed by atoms with Crippen molar-refractivity contribution in [1.82, 2.24) is 5.32 Å². The number of amides is 1. The van der Waals surface area contributed by atoms with E-state index in [-0.39, 0.29) is 42.4 Å². The van der Waals surface area contributed by atoms with Gasteiger partial charge in [0.1, 0.15) is 0 Å². The molecule has 4 nitrogen and oxygen atoms in total. The average molecular weight is 327 g/mol. The first-order chi connectivity index (χ1) is 10.6. The zero-order valence-electron chi connectivity index (χ0n) is 13.7.